The van der Waals surface area contributed by atoms with E-state index in [0.717, 1.165) is 0 Å². The molecular weight excluding hydrogens is 355 g/mol. The fraction of sp³-hybridized carbons (Fsp3) is 0.778. The van der Waals surface area contributed by atoms with Crippen LogP contribution in [-0.2, 0) is 0 Å². The van der Waals surface area contributed by atoms with Crippen molar-refractivity contribution in [1.82, 2.24) is 0 Å². The second-order valence-corrected chi connectivity index (χ2v) is 4.26. The molecule has 0 bridgehead atoms. The molecule has 0 aromatic rings. The third-order valence-corrected chi connectivity index (χ3v) is 2.85. The van der Waals surface area contributed by atoms with E-state index in [9.17, 15) is 57.1 Å². The highest BCUT2D eigenvalue weighted by Gasteiger charge is 2.83. The normalized spacial score (nSPS) is 17.2. The van der Waals surface area contributed by atoms with Crippen molar-refractivity contribution in [3.05, 3.63) is 11.9 Å². The van der Waals surface area contributed by atoms with Gasteiger partial charge in [-0.05, 0) is 6.92 Å². The Balaban J connectivity index is 6.43. The second-order valence-electron chi connectivity index (χ2n) is 4.26. The molecule has 132 valence electrons. The lowest BCUT2D eigenvalue weighted by molar-refractivity contribution is -0.396. The number of alkyl halides is 10. The summed E-state index contributed by atoms with van der Waals surface area (Å²) in [6.07, 6.45) is -11.1. The van der Waals surface area contributed by atoms with E-state index in [4.69, 9.17) is 0 Å². The summed E-state index contributed by atoms with van der Waals surface area (Å²) >= 11 is 0. The van der Waals surface area contributed by atoms with Gasteiger partial charge >= 0.3 is 30.0 Å². The Kier molecular flexibility index (Phi) is 5.19. The standard InChI is InChI=1S/C9H5F13/c1-5(2-10,6(14,15)3(11)4(12)13)7(16,17)8(18,19)9(20,21)22/h2H2,1H3. The van der Waals surface area contributed by atoms with Crippen molar-refractivity contribution in [1.29, 1.82) is 0 Å². The van der Waals surface area contributed by atoms with Crippen LogP contribution in [0.25, 0.3) is 0 Å². The van der Waals surface area contributed by atoms with Crippen LogP contribution in [0.4, 0.5) is 57.1 Å². The van der Waals surface area contributed by atoms with Gasteiger partial charge in [0.25, 0.3) is 0 Å². The third-order valence-electron chi connectivity index (χ3n) is 2.85. The van der Waals surface area contributed by atoms with Crippen LogP contribution in [0.5, 0.6) is 0 Å². The van der Waals surface area contributed by atoms with E-state index in [2.05, 4.69) is 0 Å². The van der Waals surface area contributed by atoms with Crippen LogP contribution in [0, 0.1) is 5.41 Å². The van der Waals surface area contributed by atoms with Crippen molar-refractivity contribution in [2.75, 3.05) is 6.67 Å². The first-order valence-corrected chi connectivity index (χ1v) is 4.89. The van der Waals surface area contributed by atoms with E-state index in [1.165, 1.54) is 0 Å². The van der Waals surface area contributed by atoms with Gasteiger partial charge in [0.05, 0.1) is 0 Å². The highest BCUT2D eigenvalue weighted by Crippen LogP contribution is 2.61. The molecule has 0 aliphatic rings. The molecule has 0 saturated carbocycles. The first-order valence-electron chi connectivity index (χ1n) is 4.89. The Bertz CT molecular complexity index is 441. The van der Waals surface area contributed by atoms with Crippen molar-refractivity contribution in [3.8, 4) is 0 Å². The molecule has 0 spiro atoms. The maximum absolute atomic E-state index is 13.2. The molecule has 0 fully saturated rings. The molecule has 1 unspecified atom stereocenters. The Labute approximate surface area is 113 Å². The minimum atomic E-state index is -7.24. The minimum absolute atomic E-state index is 0.908. The predicted molar refractivity (Wildman–Crippen MR) is 45.3 cm³/mol. The molecule has 0 saturated heterocycles. The molecular formula is C9H5F13. The maximum atomic E-state index is 13.2. The summed E-state index contributed by atoms with van der Waals surface area (Å²) in [5.41, 5.74) is -5.44. The quantitative estimate of drug-likeness (QED) is 0.568. The minimum Gasteiger partial charge on any atom is -0.250 e. The Morgan fingerprint density at radius 2 is 1.09 bits per heavy atom. The number of hydrogen-bond donors (Lipinski definition) is 0. The van der Waals surface area contributed by atoms with Crippen LogP contribution in [0.3, 0.4) is 0 Å². The van der Waals surface area contributed by atoms with Gasteiger partial charge in [0.2, 0.25) is 5.83 Å². The zero-order valence-corrected chi connectivity index (χ0v) is 10.1. The van der Waals surface area contributed by atoms with Gasteiger partial charge in [-0.3, -0.25) is 0 Å². The third kappa shape index (κ3) is 2.62. The topological polar surface area (TPSA) is 0 Å². The summed E-state index contributed by atoms with van der Waals surface area (Å²) in [4.78, 5) is 0. The SMILES string of the molecule is CC(CF)(C(F)(F)C(F)=C(F)F)C(F)(F)C(F)(F)C(F)(F)F. The monoisotopic (exact) mass is 360 g/mol. The first kappa shape index (κ1) is 20.8. The van der Waals surface area contributed by atoms with E-state index in [1.54, 1.807) is 0 Å². The summed E-state index contributed by atoms with van der Waals surface area (Å²) in [6, 6.07) is 0. The average Bonchev–Trinajstić information content (AvgIpc) is 2.34. The van der Waals surface area contributed by atoms with Crippen LogP contribution < -0.4 is 0 Å². The highest BCUT2D eigenvalue weighted by atomic mass is 19.4. The first-order chi connectivity index (χ1) is 9.41. The van der Waals surface area contributed by atoms with Gasteiger partial charge in [0.15, 0.2) is 0 Å². The van der Waals surface area contributed by atoms with E-state index >= 15 is 0 Å². The van der Waals surface area contributed by atoms with E-state index in [0.29, 0.717) is 0 Å². The Morgan fingerprint density at radius 1 is 0.727 bits per heavy atom. The molecule has 0 amide bonds. The van der Waals surface area contributed by atoms with Crippen molar-refractivity contribution in [2.24, 2.45) is 5.41 Å². The highest BCUT2D eigenvalue weighted by molar-refractivity contribution is 5.18. The number of allylic oxidation sites excluding steroid dienone is 1. The summed E-state index contributed by atoms with van der Waals surface area (Å²) in [7, 11) is 0. The second kappa shape index (κ2) is 5.48. The van der Waals surface area contributed by atoms with Crippen LogP contribution in [0.15, 0.2) is 11.9 Å². The van der Waals surface area contributed by atoms with Crippen LogP contribution in [0.2, 0.25) is 0 Å². The van der Waals surface area contributed by atoms with Gasteiger partial charge in [-0.25, -0.2) is 4.39 Å². The molecule has 0 aromatic carbocycles. The van der Waals surface area contributed by atoms with E-state index in [-0.39, 0.29) is 0 Å². The Morgan fingerprint density at radius 3 is 1.32 bits per heavy atom. The lowest BCUT2D eigenvalue weighted by Crippen LogP contribution is -2.66. The molecule has 0 nitrogen and oxygen atoms in total. The molecule has 1 atom stereocenters. The lowest BCUT2D eigenvalue weighted by atomic mass is 9.74. The van der Waals surface area contributed by atoms with Gasteiger partial charge in [0.1, 0.15) is 12.1 Å². The summed E-state index contributed by atoms with van der Waals surface area (Å²) in [6.45, 7) is -4.27. The maximum Gasteiger partial charge on any atom is 0.459 e. The van der Waals surface area contributed by atoms with Gasteiger partial charge in [-0.1, -0.05) is 0 Å². The van der Waals surface area contributed by atoms with Crippen molar-refractivity contribution < 1.29 is 57.1 Å². The van der Waals surface area contributed by atoms with E-state index < -0.39 is 54.9 Å². The number of rotatable bonds is 5. The van der Waals surface area contributed by atoms with Gasteiger partial charge in [-0.15, -0.1) is 0 Å². The summed E-state index contributed by atoms with van der Waals surface area (Å²) in [5, 5.41) is 0. The average molecular weight is 360 g/mol. The van der Waals surface area contributed by atoms with Crippen molar-refractivity contribution >= 4 is 0 Å². The molecule has 0 aliphatic heterocycles. The van der Waals surface area contributed by atoms with Gasteiger partial charge in [-0.2, -0.15) is 52.7 Å². The zero-order chi connectivity index (χ0) is 18.4. The van der Waals surface area contributed by atoms with Gasteiger partial charge in [0, 0.05) is 0 Å². The zero-order valence-electron chi connectivity index (χ0n) is 10.1. The fourth-order valence-electron chi connectivity index (χ4n) is 1.25. The molecule has 0 aromatic heterocycles. The molecule has 0 N–H and O–H groups in total. The molecule has 13 heteroatoms. The summed E-state index contributed by atoms with van der Waals surface area (Å²) < 4.78 is 162. The number of halogens is 13. The molecule has 0 heterocycles. The fourth-order valence-corrected chi connectivity index (χ4v) is 1.25. The van der Waals surface area contributed by atoms with Crippen LogP contribution >= 0.6 is 0 Å². The van der Waals surface area contributed by atoms with Crippen molar-refractivity contribution in [3.63, 3.8) is 0 Å². The molecule has 0 rings (SSSR count). The number of hydrogen-bond acceptors (Lipinski definition) is 0. The largest absolute Gasteiger partial charge is 0.459 e. The van der Waals surface area contributed by atoms with Crippen molar-refractivity contribution in [2.45, 2.75) is 30.9 Å². The van der Waals surface area contributed by atoms with Crippen LogP contribution in [0.1, 0.15) is 6.92 Å². The van der Waals surface area contributed by atoms with Gasteiger partial charge < -0.3 is 0 Å². The Hall–Kier alpha value is -1.17. The summed E-state index contributed by atoms with van der Waals surface area (Å²) in [5.74, 6) is -24.6. The predicted octanol–water partition coefficient (Wildman–Crippen LogP) is 5.51. The lowest BCUT2D eigenvalue weighted by Gasteiger charge is -2.43. The molecule has 0 radical (unpaired) electrons. The molecule has 0 aliphatic carbocycles. The smallest absolute Gasteiger partial charge is 0.250 e. The van der Waals surface area contributed by atoms with Crippen LogP contribution in [-0.4, -0.2) is 30.6 Å². The van der Waals surface area contributed by atoms with E-state index in [1.807, 2.05) is 0 Å². The molecule has 22 heavy (non-hydrogen) atoms.